The van der Waals surface area contributed by atoms with E-state index in [-0.39, 0.29) is 17.2 Å². The first kappa shape index (κ1) is 23.6. The number of para-hydroxylation sites is 1. The second kappa shape index (κ2) is 10.6. The monoisotopic (exact) mass is 473 g/mol. The summed E-state index contributed by atoms with van der Waals surface area (Å²) in [5.41, 5.74) is 3.72. The van der Waals surface area contributed by atoms with Crippen molar-refractivity contribution in [2.24, 2.45) is 0 Å². The van der Waals surface area contributed by atoms with E-state index in [1.54, 1.807) is 29.7 Å². The minimum atomic E-state index is -0.121. The molecule has 0 spiro atoms. The normalized spacial score (nSPS) is 10.9. The zero-order valence-corrected chi connectivity index (χ0v) is 20.3. The Morgan fingerprint density at radius 2 is 1.68 bits per heavy atom. The maximum Gasteiger partial charge on any atom is 0.262 e. The standard InChI is InChI=1S/C27H27N3O3S/c1-19-8-10-20(11-9-19)16-29(2)25(31)18-34-27-28-24-7-5-4-6-23(24)26(32)30(27)17-21-12-14-22(33-3)15-13-21/h4-15H,16-18H2,1-3H3. The Hall–Kier alpha value is -3.58. The molecule has 0 fully saturated rings. The molecular formula is C27H27N3O3S. The summed E-state index contributed by atoms with van der Waals surface area (Å²) in [5, 5.41) is 1.08. The fourth-order valence-corrected chi connectivity index (χ4v) is 4.54. The van der Waals surface area contributed by atoms with Gasteiger partial charge in [-0.25, -0.2) is 4.98 Å². The Balaban J connectivity index is 1.56. The quantitative estimate of drug-likeness (QED) is 0.278. The summed E-state index contributed by atoms with van der Waals surface area (Å²) >= 11 is 1.29. The molecule has 0 saturated carbocycles. The van der Waals surface area contributed by atoms with Crippen LogP contribution < -0.4 is 10.3 Å². The van der Waals surface area contributed by atoms with Crippen molar-refractivity contribution in [2.45, 2.75) is 25.2 Å². The van der Waals surface area contributed by atoms with Gasteiger partial charge in [0.25, 0.3) is 5.56 Å². The minimum Gasteiger partial charge on any atom is -0.497 e. The number of rotatable bonds is 8. The molecule has 4 aromatic rings. The van der Waals surface area contributed by atoms with Crippen LogP contribution >= 0.6 is 11.8 Å². The van der Waals surface area contributed by atoms with Gasteiger partial charge in [-0.15, -0.1) is 0 Å². The molecule has 0 aliphatic heterocycles. The first-order valence-electron chi connectivity index (χ1n) is 11.0. The van der Waals surface area contributed by atoms with Gasteiger partial charge in [0.05, 0.1) is 30.3 Å². The molecule has 7 heteroatoms. The third kappa shape index (κ3) is 5.48. The van der Waals surface area contributed by atoms with Crippen molar-refractivity contribution >= 4 is 28.6 Å². The number of hydrogen-bond acceptors (Lipinski definition) is 5. The third-order valence-electron chi connectivity index (χ3n) is 5.62. The number of thioether (sulfide) groups is 1. The van der Waals surface area contributed by atoms with E-state index in [1.165, 1.54) is 17.3 Å². The van der Waals surface area contributed by atoms with Gasteiger partial charge >= 0.3 is 0 Å². The molecule has 0 aliphatic carbocycles. The molecule has 0 atom stereocenters. The van der Waals surface area contributed by atoms with Crippen LogP contribution in [0.3, 0.4) is 0 Å². The van der Waals surface area contributed by atoms with E-state index < -0.39 is 0 Å². The fraction of sp³-hybridized carbons (Fsp3) is 0.222. The van der Waals surface area contributed by atoms with Crippen LogP contribution in [0, 0.1) is 6.92 Å². The highest BCUT2D eigenvalue weighted by Gasteiger charge is 2.16. The predicted octanol–water partition coefficient (Wildman–Crippen LogP) is 4.51. The Morgan fingerprint density at radius 3 is 2.38 bits per heavy atom. The Bertz CT molecular complexity index is 1350. The lowest BCUT2D eigenvalue weighted by Gasteiger charge is -2.18. The van der Waals surface area contributed by atoms with Gasteiger partial charge in [0, 0.05) is 13.6 Å². The fourth-order valence-electron chi connectivity index (χ4n) is 3.60. The Morgan fingerprint density at radius 1 is 1.00 bits per heavy atom. The van der Waals surface area contributed by atoms with E-state index in [4.69, 9.17) is 9.72 Å². The number of nitrogens with zero attached hydrogens (tertiary/aromatic N) is 3. The molecule has 0 bridgehead atoms. The lowest BCUT2D eigenvalue weighted by molar-refractivity contribution is -0.127. The molecule has 1 amide bonds. The number of hydrogen-bond donors (Lipinski definition) is 0. The van der Waals surface area contributed by atoms with Crippen LogP contribution in [0.4, 0.5) is 0 Å². The highest BCUT2D eigenvalue weighted by atomic mass is 32.2. The molecule has 174 valence electrons. The van der Waals surface area contributed by atoms with Crippen LogP contribution in [0.2, 0.25) is 0 Å². The lowest BCUT2D eigenvalue weighted by Crippen LogP contribution is -2.29. The maximum atomic E-state index is 13.3. The summed E-state index contributed by atoms with van der Waals surface area (Å²) < 4.78 is 6.87. The number of aryl methyl sites for hydroxylation is 1. The summed E-state index contributed by atoms with van der Waals surface area (Å²) in [4.78, 5) is 32.6. The summed E-state index contributed by atoms with van der Waals surface area (Å²) in [6, 6.07) is 23.0. The highest BCUT2D eigenvalue weighted by molar-refractivity contribution is 7.99. The number of carbonyl (C=O) groups excluding carboxylic acids is 1. The van der Waals surface area contributed by atoms with E-state index in [0.717, 1.165) is 16.9 Å². The van der Waals surface area contributed by atoms with Crippen LogP contribution in [0.5, 0.6) is 5.75 Å². The summed E-state index contributed by atoms with van der Waals surface area (Å²) in [6.45, 7) is 2.93. The van der Waals surface area contributed by atoms with E-state index in [1.807, 2.05) is 73.7 Å². The van der Waals surface area contributed by atoms with Gasteiger partial charge in [0.2, 0.25) is 5.91 Å². The van der Waals surface area contributed by atoms with Crippen LogP contribution in [0.1, 0.15) is 16.7 Å². The van der Waals surface area contributed by atoms with Gasteiger partial charge in [-0.1, -0.05) is 65.9 Å². The highest BCUT2D eigenvalue weighted by Crippen LogP contribution is 2.21. The van der Waals surface area contributed by atoms with Gasteiger partial charge in [-0.2, -0.15) is 0 Å². The van der Waals surface area contributed by atoms with Gasteiger partial charge in [-0.3, -0.25) is 14.2 Å². The molecule has 3 aromatic carbocycles. The molecule has 34 heavy (non-hydrogen) atoms. The average molecular weight is 474 g/mol. The summed E-state index contributed by atoms with van der Waals surface area (Å²) in [5.74, 6) is 0.920. The largest absolute Gasteiger partial charge is 0.497 e. The second-order valence-electron chi connectivity index (χ2n) is 8.17. The Labute approximate surface area is 203 Å². The number of carbonyl (C=O) groups is 1. The van der Waals surface area contributed by atoms with E-state index in [9.17, 15) is 9.59 Å². The van der Waals surface area contributed by atoms with Crippen molar-refractivity contribution in [3.63, 3.8) is 0 Å². The number of benzene rings is 3. The number of aromatic nitrogens is 2. The number of fused-ring (bicyclic) bond motifs is 1. The average Bonchev–Trinajstić information content (AvgIpc) is 2.86. The van der Waals surface area contributed by atoms with E-state index in [2.05, 4.69) is 0 Å². The van der Waals surface area contributed by atoms with Crippen molar-refractivity contribution in [3.05, 3.63) is 99.8 Å². The molecule has 0 saturated heterocycles. The first-order valence-corrected chi connectivity index (χ1v) is 12.0. The van der Waals surface area contributed by atoms with Gasteiger partial charge in [0.15, 0.2) is 5.16 Å². The second-order valence-corrected chi connectivity index (χ2v) is 9.12. The van der Waals surface area contributed by atoms with Crippen molar-refractivity contribution in [3.8, 4) is 5.75 Å². The topological polar surface area (TPSA) is 64.4 Å². The molecule has 1 aromatic heterocycles. The molecule has 0 unspecified atom stereocenters. The van der Waals surface area contributed by atoms with Crippen LogP contribution in [0.15, 0.2) is 82.7 Å². The molecular weight excluding hydrogens is 446 g/mol. The predicted molar refractivity (Wildman–Crippen MR) is 136 cm³/mol. The van der Waals surface area contributed by atoms with Crippen molar-refractivity contribution in [1.82, 2.24) is 14.5 Å². The smallest absolute Gasteiger partial charge is 0.262 e. The molecule has 1 heterocycles. The van der Waals surface area contributed by atoms with E-state index in [0.29, 0.717) is 29.1 Å². The number of amides is 1. The van der Waals surface area contributed by atoms with Gasteiger partial charge < -0.3 is 9.64 Å². The Kier molecular flexibility index (Phi) is 7.33. The molecule has 6 nitrogen and oxygen atoms in total. The van der Waals surface area contributed by atoms with Crippen molar-refractivity contribution in [1.29, 1.82) is 0 Å². The lowest BCUT2D eigenvalue weighted by atomic mass is 10.1. The zero-order chi connectivity index (χ0) is 24.1. The molecule has 0 radical (unpaired) electrons. The SMILES string of the molecule is COc1ccc(Cn2c(SCC(=O)N(C)Cc3ccc(C)cc3)nc3ccccc3c2=O)cc1. The van der Waals surface area contributed by atoms with Crippen LogP contribution in [0.25, 0.3) is 10.9 Å². The van der Waals surface area contributed by atoms with E-state index >= 15 is 0 Å². The van der Waals surface area contributed by atoms with Gasteiger partial charge in [0.1, 0.15) is 5.75 Å². The third-order valence-corrected chi connectivity index (χ3v) is 6.58. The number of methoxy groups -OCH3 is 1. The van der Waals surface area contributed by atoms with Crippen molar-refractivity contribution < 1.29 is 9.53 Å². The molecule has 0 N–H and O–H groups in total. The number of ether oxygens (including phenoxy) is 1. The summed E-state index contributed by atoms with van der Waals surface area (Å²) in [7, 11) is 3.41. The van der Waals surface area contributed by atoms with Crippen LogP contribution in [-0.4, -0.2) is 40.3 Å². The van der Waals surface area contributed by atoms with Gasteiger partial charge in [-0.05, 0) is 42.3 Å². The maximum absolute atomic E-state index is 13.3. The zero-order valence-electron chi connectivity index (χ0n) is 19.5. The van der Waals surface area contributed by atoms with Crippen LogP contribution in [-0.2, 0) is 17.9 Å². The first-order chi connectivity index (χ1) is 16.4. The van der Waals surface area contributed by atoms with Crippen molar-refractivity contribution in [2.75, 3.05) is 19.9 Å². The molecule has 0 aliphatic rings. The molecule has 4 rings (SSSR count). The summed E-state index contributed by atoms with van der Waals surface area (Å²) in [6.07, 6.45) is 0. The minimum absolute atomic E-state index is 0.0241.